The van der Waals surface area contributed by atoms with E-state index < -0.39 is 35.7 Å². The molecule has 2 atom stereocenters. The monoisotopic (exact) mass is 485 g/mol. The van der Waals surface area contributed by atoms with E-state index in [4.69, 9.17) is 0 Å². The summed E-state index contributed by atoms with van der Waals surface area (Å²) in [7, 11) is 1.18. The van der Waals surface area contributed by atoms with E-state index in [1.54, 1.807) is 17.8 Å². The Morgan fingerprint density at radius 3 is 2.52 bits per heavy atom. The van der Waals surface area contributed by atoms with Crippen molar-refractivity contribution in [3.8, 4) is 0 Å². The lowest BCUT2D eigenvalue weighted by Crippen LogP contribution is -2.43. The maximum Gasteiger partial charge on any atom is 0.414 e. The average molecular weight is 486 g/mol. The Labute approximate surface area is 192 Å². The van der Waals surface area contributed by atoms with Crippen molar-refractivity contribution in [2.45, 2.75) is 43.9 Å². The van der Waals surface area contributed by atoms with Crippen LogP contribution in [0.2, 0.25) is 0 Å². The van der Waals surface area contributed by atoms with Crippen LogP contribution < -0.4 is 5.32 Å². The summed E-state index contributed by atoms with van der Waals surface area (Å²) in [6.45, 7) is 0. The van der Waals surface area contributed by atoms with Crippen LogP contribution in [0.3, 0.4) is 0 Å². The van der Waals surface area contributed by atoms with Crippen LogP contribution in [-0.2, 0) is 17.6 Å². The third kappa shape index (κ3) is 5.10. The minimum atomic E-state index is -4.68. The van der Waals surface area contributed by atoms with Crippen molar-refractivity contribution in [2.75, 3.05) is 23.9 Å². The SMILES string of the molecule is CN(C(=O)C1CCSCC1)[C@@H](c1ccc(NC2Cc3ccc(F)c(F)c3C2)cn1)C(F)(F)F. The third-order valence-electron chi connectivity index (χ3n) is 6.26. The average Bonchev–Trinajstić information content (AvgIpc) is 3.20. The van der Waals surface area contributed by atoms with E-state index >= 15 is 0 Å². The fraction of sp³-hybridized carbons (Fsp3) is 0.478. The van der Waals surface area contributed by atoms with Gasteiger partial charge in [0.05, 0.1) is 17.6 Å². The van der Waals surface area contributed by atoms with Crippen LogP contribution in [0.5, 0.6) is 0 Å². The molecule has 1 saturated heterocycles. The summed E-state index contributed by atoms with van der Waals surface area (Å²) < 4.78 is 69.2. The van der Waals surface area contributed by atoms with Crippen LogP contribution in [0.25, 0.3) is 0 Å². The number of thioether (sulfide) groups is 1. The molecule has 4 nitrogen and oxygen atoms in total. The number of nitrogens with one attached hydrogen (secondary N) is 1. The maximum absolute atomic E-state index is 14.0. The first-order valence-electron chi connectivity index (χ1n) is 10.7. The number of alkyl halides is 3. The number of benzene rings is 1. The van der Waals surface area contributed by atoms with Crippen LogP contribution in [0.1, 0.15) is 35.7 Å². The Hall–Kier alpha value is -2.36. The van der Waals surface area contributed by atoms with Crippen LogP contribution in [0.15, 0.2) is 30.5 Å². The van der Waals surface area contributed by atoms with Gasteiger partial charge in [-0.2, -0.15) is 24.9 Å². The first-order valence-corrected chi connectivity index (χ1v) is 11.9. The van der Waals surface area contributed by atoms with Crippen molar-refractivity contribution in [3.05, 3.63) is 58.9 Å². The van der Waals surface area contributed by atoms with Crippen LogP contribution in [0, 0.1) is 17.6 Å². The zero-order valence-corrected chi connectivity index (χ0v) is 18.8. The molecule has 1 aromatic heterocycles. The molecule has 2 aliphatic rings. The number of fused-ring (bicyclic) bond motifs is 1. The third-order valence-corrected chi connectivity index (χ3v) is 7.31. The lowest BCUT2D eigenvalue weighted by atomic mass is 9.99. The summed E-state index contributed by atoms with van der Waals surface area (Å²) in [5.74, 6) is -1.15. The number of nitrogens with zero attached hydrogens (tertiary/aromatic N) is 2. The van der Waals surface area contributed by atoms with E-state index in [2.05, 4.69) is 10.3 Å². The van der Waals surface area contributed by atoms with Crippen molar-refractivity contribution < 1.29 is 26.7 Å². The van der Waals surface area contributed by atoms with E-state index in [1.165, 1.54) is 25.4 Å². The fourth-order valence-electron chi connectivity index (χ4n) is 4.56. The largest absolute Gasteiger partial charge is 0.414 e. The predicted octanol–water partition coefficient (Wildman–Crippen LogP) is 5.14. The van der Waals surface area contributed by atoms with E-state index in [1.807, 2.05) is 0 Å². The molecule has 1 unspecified atom stereocenters. The zero-order valence-electron chi connectivity index (χ0n) is 18.0. The van der Waals surface area contributed by atoms with Crippen LogP contribution in [0.4, 0.5) is 27.6 Å². The van der Waals surface area contributed by atoms with Crippen molar-refractivity contribution in [2.24, 2.45) is 5.92 Å². The van der Waals surface area contributed by atoms with Crippen molar-refractivity contribution >= 4 is 23.4 Å². The molecule has 178 valence electrons. The quantitative estimate of drug-likeness (QED) is 0.596. The van der Waals surface area contributed by atoms with Crippen molar-refractivity contribution in [3.63, 3.8) is 0 Å². The maximum atomic E-state index is 14.0. The number of hydrogen-bond donors (Lipinski definition) is 1. The lowest BCUT2D eigenvalue weighted by Gasteiger charge is -2.33. The number of hydrogen-bond acceptors (Lipinski definition) is 4. The minimum absolute atomic E-state index is 0.226. The van der Waals surface area contributed by atoms with Gasteiger partial charge in [-0.3, -0.25) is 9.78 Å². The van der Waals surface area contributed by atoms with E-state index in [-0.39, 0.29) is 18.2 Å². The Balaban J connectivity index is 1.47. The van der Waals surface area contributed by atoms with Crippen molar-refractivity contribution in [1.29, 1.82) is 0 Å². The molecule has 1 aromatic carbocycles. The summed E-state index contributed by atoms with van der Waals surface area (Å²) in [5, 5.41) is 3.13. The van der Waals surface area contributed by atoms with Gasteiger partial charge in [-0.1, -0.05) is 6.07 Å². The number of anilines is 1. The van der Waals surface area contributed by atoms with Crippen LogP contribution in [-0.4, -0.2) is 46.6 Å². The molecule has 0 radical (unpaired) electrons. The Morgan fingerprint density at radius 1 is 1.15 bits per heavy atom. The Bertz CT molecular complexity index is 1010. The molecule has 1 aliphatic heterocycles. The molecule has 1 N–H and O–H groups in total. The standard InChI is InChI=1S/C23H24F5N3OS/c1-31(22(32)13-6-8-33-9-7-13)21(23(26,27)28)19-5-3-15(12-29-19)30-16-10-14-2-4-18(24)20(25)17(14)11-16/h2-5,12-13,16,21,30H,6-11H2,1H3/t16?,21-/m0/s1. The minimum Gasteiger partial charge on any atom is -0.380 e. The first-order chi connectivity index (χ1) is 15.6. The van der Waals surface area contributed by atoms with E-state index in [0.717, 1.165) is 22.5 Å². The van der Waals surface area contributed by atoms with Gasteiger partial charge in [0.2, 0.25) is 5.91 Å². The number of pyridine rings is 1. The molecule has 1 amide bonds. The van der Waals surface area contributed by atoms with Gasteiger partial charge in [-0.25, -0.2) is 8.78 Å². The number of halogens is 5. The number of aromatic nitrogens is 1. The first kappa shape index (κ1) is 23.8. The molecule has 1 fully saturated rings. The lowest BCUT2D eigenvalue weighted by molar-refractivity contribution is -0.191. The summed E-state index contributed by atoms with van der Waals surface area (Å²) in [6, 6.07) is 2.99. The number of carbonyl (C=O) groups is 1. The van der Waals surface area contributed by atoms with Gasteiger partial charge in [-0.05, 0) is 66.5 Å². The molecule has 2 heterocycles. The number of rotatable bonds is 5. The summed E-state index contributed by atoms with van der Waals surface area (Å²) in [4.78, 5) is 17.5. The molecular weight excluding hydrogens is 461 g/mol. The molecule has 1 aliphatic carbocycles. The molecule has 0 bridgehead atoms. The van der Waals surface area contributed by atoms with Gasteiger partial charge in [0.15, 0.2) is 17.7 Å². The number of carbonyl (C=O) groups excluding carboxylic acids is 1. The Morgan fingerprint density at radius 2 is 1.88 bits per heavy atom. The highest BCUT2D eigenvalue weighted by Crippen LogP contribution is 2.38. The normalized spacial score (nSPS) is 19.8. The fourth-order valence-corrected chi connectivity index (χ4v) is 5.67. The highest BCUT2D eigenvalue weighted by atomic mass is 32.2. The second kappa shape index (κ2) is 9.48. The van der Waals surface area contributed by atoms with Gasteiger partial charge in [-0.15, -0.1) is 0 Å². The topological polar surface area (TPSA) is 45.2 Å². The highest BCUT2D eigenvalue weighted by molar-refractivity contribution is 7.99. The summed E-state index contributed by atoms with van der Waals surface area (Å²) in [5.41, 5.74) is 1.22. The molecule has 10 heteroatoms. The number of amides is 1. The van der Waals surface area contributed by atoms with Gasteiger partial charge in [0.25, 0.3) is 0 Å². The summed E-state index contributed by atoms with van der Waals surface area (Å²) >= 11 is 1.70. The highest BCUT2D eigenvalue weighted by Gasteiger charge is 2.47. The molecular formula is C23H24F5N3OS. The zero-order chi connectivity index (χ0) is 23.8. The second-order valence-electron chi connectivity index (χ2n) is 8.50. The molecule has 2 aromatic rings. The van der Waals surface area contributed by atoms with E-state index in [9.17, 15) is 26.7 Å². The predicted molar refractivity (Wildman–Crippen MR) is 117 cm³/mol. The van der Waals surface area contributed by atoms with Gasteiger partial charge in [0, 0.05) is 19.0 Å². The van der Waals surface area contributed by atoms with E-state index in [0.29, 0.717) is 36.1 Å². The Kier molecular flexibility index (Phi) is 6.83. The summed E-state index contributed by atoms with van der Waals surface area (Å²) in [6.07, 6.45) is -1.51. The van der Waals surface area contributed by atoms with Crippen LogP contribution >= 0.6 is 11.8 Å². The van der Waals surface area contributed by atoms with Crippen molar-refractivity contribution in [1.82, 2.24) is 9.88 Å². The van der Waals surface area contributed by atoms with Gasteiger partial charge < -0.3 is 10.2 Å². The molecule has 0 saturated carbocycles. The van der Waals surface area contributed by atoms with Gasteiger partial charge in [0.1, 0.15) is 0 Å². The molecule has 0 spiro atoms. The molecule has 4 rings (SSSR count). The van der Waals surface area contributed by atoms with Gasteiger partial charge >= 0.3 is 6.18 Å². The molecule has 33 heavy (non-hydrogen) atoms. The second-order valence-corrected chi connectivity index (χ2v) is 9.72. The smallest absolute Gasteiger partial charge is 0.380 e.